The molecule has 3 aromatic carbocycles. The van der Waals surface area contributed by atoms with Crippen molar-refractivity contribution in [2.75, 3.05) is 31.1 Å². The Morgan fingerprint density at radius 1 is 0.755 bits per heavy atom. The van der Waals surface area contributed by atoms with Crippen molar-refractivity contribution >= 4 is 23.2 Å². The van der Waals surface area contributed by atoms with Crippen LogP contribution in [-0.2, 0) is 22.6 Å². The third-order valence-electron chi connectivity index (χ3n) is 8.36. The smallest absolute Gasteiger partial charge is 0.290 e. The highest BCUT2D eigenvalue weighted by molar-refractivity contribution is 6.40. The molecular weight excluding hydrogens is 642 g/mol. The highest BCUT2D eigenvalue weighted by atomic mass is 19.2. The molecule has 13 heteroatoms. The number of amides is 1. The maximum atomic E-state index is 14.5. The van der Waals surface area contributed by atoms with Crippen LogP contribution in [0.3, 0.4) is 0 Å². The number of Topliss-reactive ketones (excluding diaryl/α,β-unsaturated/α-hetero) is 2. The average molecular weight is 672 g/mol. The van der Waals surface area contributed by atoms with Gasteiger partial charge >= 0.3 is 0 Å². The van der Waals surface area contributed by atoms with Crippen LogP contribution >= 0.6 is 0 Å². The van der Waals surface area contributed by atoms with Crippen LogP contribution in [0.4, 0.5) is 23.2 Å². The van der Waals surface area contributed by atoms with E-state index < -0.39 is 58.3 Å². The van der Waals surface area contributed by atoms with E-state index in [4.69, 9.17) is 0 Å². The number of ketones is 2. The predicted octanol–water partition coefficient (Wildman–Crippen LogP) is 4.72. The van der Waals surface area contributed by atoms with Crippen molar-refractivity contribution in [3.63, 3.8) is 0 Å². The molecule has 0 radical (unpaired) electrons. The fourth-order valence-electron chi connectivity index (χ4n) is 5.74. The number of halogens is 4. The van der Waals surface area contributed by atoms with E-state index in [-0.39, 0.29) is 42.7 Å². The minimum absolute atomic E-state index is 0.110. The SMILES string of the molecule is O=C(CC(=O)c1cc(Cc2ccc(F)c(F)c2F)cn(Cc2ccccc2F)c1=O)C(=O)N1CCN(c2ccc(-n3cccn3)cc2)CC1. The Balaban J connectivity index is 1.16. The lowest BCUT2D eigenvalue weighted by Crippen LogP contribution is -2.51. The molecule has 0 unspecified atom stereocenters. The van der Waals surface area contributed by atoms with Crippen molar-refractivity contribution in [2.24, 2.45) is 0 Å². The fourth-order valence-corrected chi connectivity index (χ4v) is 5.74. The van der Waals surface area contributed by atoms with Gasteiger partial charge < -0.3 is 14.4 Å². The van der Waals surface area contributed by atoms with Gasteiger partial charge in [0.1, 0.15) is 5.82 Å². The summed E-state index contributed by atoms with van der Waals surface area (Å²) in [5, 5.41) is 4.21. The monoisotopic (exact) mass is 671 g/mol. The van der Waals surface area contributed by atoms with Crippen LogP contribution in [0, 0.1) is 23.3 Å². The van der Waals surface area contributed by atoms with Crippen LogP contribution in [0.25, 0.3) is 5.69 Å². The number of nitrogens with zero attached hydrogens (tertiary/aromatic N) is 5. The summed E-state index contributed by atoms with van der Waals surface area (Å²) in [6.45, 7) is 1.02. The molecule has 0 aliphatic carbocycles. The van der Waals surface area contributed by atoms with Gasteiger partial charge in [0, 0.05) is 62.4 Å². The van der Waals surface area contributed by atoms with Crippen molar-refractivity contribution < 1.29 is 31.9 Å². The molecule has 1 fully saturated rings. The van der Waals surface area contributed by atoms with E-state index in [1.807, 2.05) is 36.5 Å². The molecule has 3 heterocycles. The normalized spacial score (nSPS) is 13.1. The van der Waals surface area contributed by atoms with E-state index in [1.165, 1.54) is 29.3 Å². The average Bonchev–Trinajstić information content (AvgIpc) is 3.66. The Hall–Kier alpha value is -5.85. The molecule has 9 nitrogen and oxygen atoms in total. The Morgan fingerprint density at radius 3 is 2.16 bits per heavy atom. The van der Waals surface area contributed by atoms with Gasteiger partial charge in [-0.05, 0) is 59.7 Å². The highest BCUT2D eigenvalue weighted by Gasteiger charge is 2.29. The largest absolute Gasteiger partial charge is 0.368 e. The second-order valence-electron chi connectivity index (χ2n) is 11.6. The second-order valence-corrected chi connectivity index (χ2v) is 11.6. The molecule has 1 aliphatic heterocycles. The standard InChI is InChI=1S/C36H29F4N5O4/c37-29-5-2-1-4-25(29)22-44-21-23(18-24-6-11-30(38)34(40)33(24)39)19-28(35(44)48)31(46)20-32(47)36(49)43-16-14-42(15-17-43)26-7-9-27(10-8-26)45-13-3-12-41-45/h1-13,19,21H,14-18,20,22H2. The maximum absolute atomic E-state index is 14.5. The Bertz CT molecular complexity index is 2090. The summed E-state index contributed by atoms with van der Waals surface area (Å²) in [4.78, 5) is 56.3. The van der Waals surface area contributed by atoms with Gasteiger partial charge in [-0.3, -0.25) is 19.2 Å². The first-order valence-electron chi connectivity index (χ1n) is 15.4. The summed E-state index contributed by atoms with van der Waals surface area (Å²) in [6, 6.07) is 18.1. The first-order chi connectivity index (χ1) is 23.6. The van der Waals surface area contributed by atoms with E-state index in [0.717, 1.165) is 34.1 Å². The summed E-state index contributed by atoms with van der Waals surface area (Å²) in [6.07, 6.45) is 3.50. The summed E-state index contributed by atoms with van der Waals surface area (Å²) in [7, 11) is 0. The molecule has 6 rings (SSSR count). The zero-order chi connectivity index (χ0) is 34.7. The minimum Gasteiger partial charge on any atom is -0.368 e. The van der Waals surface area contributed by atoms with Crippen LogP contribution in [0.1, 0.15) is 33.5 Å². The first-order valence-corrected chi connectivity index (χ1v) is 15.4. The van der Waals surface area contributed by atoms with Crippen LogP contribution < -0.4 is 10.5 Å². The minimum atomic E-state index is -1.68. The molecule has 2 aromatic heterocycles. The molecule has 5 aromatic rings. The number of hydrogen-bond donors (Lipinski definition) is 0. The first kappa shape index (κ1) is 33.1. The van der Waals surface area contributed by atoms with Gasteiger partial charge in [0.15, 0.2) is 23.2 Å². The molecule has 250 valence electrons. The van der Waals surface area contributed by atoms with E-state index in [9.17, 15) is 36.7 Å². The van der Waals surface area contributed by atoms with Gasteiger partial charge in [0.2, 0.25) is 5.78 Å². The molecule has 0 saturated carbocycles. The number of carbonyl (C=O) groups is 3. The van der Waals surface area contributed by atoms with Crippen LogP contribution in [0.15, 0.2) is 96.2 Å². The second kappa shape index (κ2) is 14.1. The molecule has 1 amide bonds. The number of aromatic nitrogens is 3. The molecule has 49 heavy (non-hydrogen) atoms. The van der Waals surface area contributed by atoms with Crippen molar-refractivity contribution in [1.29, 1.82) is 0 Å². The topological polar surface area (TPSA) is 97.5 Å². The molecule has 0 atom stereocenters. The molecule has 1 aliphatic rings. The van der Waals surface area contributed by atoms with E-state index in [2.05, 4.69) is 10.00 Å². The van der Waals surface area contributed by atoms with Gasteiger partial charge in [-0.15, -0.1) is 0 Å². The Morgan fingerprint density at radius 2 is 1.47 bits per heavy atom. The Labute approximate surface area is 277 Å². The summed E-state index contributed by atoms with van der Waals surface area (Å²) >= 11 is 0. The lowest BCUT2D eigenvalue weighted by Gasteiger charge is -2.35. The quantitative estimate of drug-likeness (QED) is 0.0702. The van der Waals surface area contributed by atoms with Crippen LogP contribution in [0.2, 0.25) is 0 Å². The van der Waals surface area contributed by atoms with E-state index in [1.54, 1.807) is 16.9 Å². The molecule has 0 spiro atoms. The Kier molecular flexibility index (Phi) is 9.51. The summed E-state index contributed by atoms with van der Waals surface area (Å²) < 4.78 is 59.2. The van der Waals surface area contributed by atoms with Gasteiger partial charge in [0.05, 0.1) is 24.2 Å². The van der Waals surface area contributed by atoms with Crippen molar-refractivity contribution in [1.82, 2.24) is 19.2 Å². The number of anilines is 1. The number of carbonyl (C=O) groups excluding carboxylic acids is 3. The number of hydrogen-bond acceptors (Lipinski definition) is 6. The van der Waals surface area contributed by atoms with Gasteiger partial charge in [-0.2, -0.15) is 5.10 Å². The number of pyridine rings is 1. The van der Waals surface area contributed by atoms with Gasteiger partial charge in [-0.25, -0.2) is 22.2 Å². The summed E-state index contributed by atoms with van der Waals surface area (Å²) in [5.74, 6) is -7.96. The molecule has 0 N–H and O–H groups in total. The third-order valence-corrected chi connectivity index (χ3v) is 8.36. The zero-order valence-electron chi connectivity index (χ0n) is 26.0. The maximum Gasteiger partial charge on any atom is 0.290 e. The molecular formula is C36H29F4N5O4. The number of benzene rings is 3. The van der Waals surface area contributed by atoms with E-state index >= 15 is 0 Å². The highest BCUT2D eigenvalue weighted by Crippen LogP contribution is 2.21. The van der Waals surface area contributed by atoms with Crippen LogP contribution in [-0.4, -0.2) is 62.9 Å². The lowest BCUT2D eigenvalue weighted by molar-refractivity contribution is -0.144. The molecule has 0 bridgehead atoms. The number of rotatable bonds is 10. The molecule has 1 saturated heterocycles. The summed E-state index contributed by atoms with van der Waals surface area (Å²) in [5.41, 5.74) is 0.456. The van der Waals surface area contributed by atoms with Crippen molar-refractivity contribution in [2.45, 2.75) is 19.4 Å². The van der Waals surface area contributed by atoms with Crippen molar-refractivity contribution in [3.05, 3.63) is 147 Å². The van der Waals surface area contributed by atoms with Crippen LogP contribution in [0.5, 0.6) is 0 Å². The van der Waals surface area contributed by atoms with E-state index in [0.29, 0.717) is 13.1 Å². The lowest BCUT2D eigenvalue weighted by atomic mass is 10.0. The predicted molar refractivity (Wildman–Crippen MR) is 172 cm³/mol. The number of piperazine rings is 1. The fraction of sp³-hybridized carbons (Fsp3) is 0.194. The van der Waals surface area contributed by atoms with Gasteiger partial charge in [0.25, 0.3) is 11.5 Å². The van der Waals surface area contributed by atoms with Gasteiger partial charge in [-0.1, -0.05) is 24.3 Å². The zero-order valence-corrected chi connectivity index (χ0v) is 26.0. The van der Waals surface area contributed by atoms with Crippen molar-refractivity contribution in [3.8, 4) is 5.69 Å². The third kappa shape index (κ3) is 7.20.